The van der Waals surface area contributed by atoms with Crippen molar-refractivity contribution in [1.29, 1.82) is 0 Å². The Labute approximate surface area is 135 Å². The van der Waals surface area contributed by atoms with Crippen LogP contribution in [0.15, 0.2) is 30.3 Å². The van der Waals surface area contributed by atoms with Crippen LogP contribution in [0.25, 0.3) is 0 Å². The number of carbonyl (C=O) groups excluding carboxylic acids is 1. The Morgan fingerprint density at radius 2 is 1.43 bits per heavy atom. The normalized spacial score (nSPS) is 9.43. The fourth-order valence-electron chi connectivity index (χ4n) is 1.10. The van der Waals surface area contributed by atoms with E-state index in [1.54, 1.807) is 6.92 Å². The lowest BCUT2D eigenvalue weighted by atomic mass is 10.1. The van der Waals surface area contributed by atoms with Gasteiger partial charge < -0.3 is 27.0 Å². The lowest BCUT2D eigenvalue weighted by molar-refractivity contribution is -0.135. The molecule has 0 fully saturated rings. The molecule has 0 atom stereocenters. The summed E-state index contributed by atoms with van der Waals surface area (Å²) in [5.74, 6) is -1.99. The Hall–Kier alpha value is -2.45. The Bertz CT molecular complexity index is 469. The molecule has 0 aliphatic rings. The van der Waals surface area contributed by atoms with Gasteiger partial charge in [0.15, 0.2) is 0 Å². The van der Waals surface area contributed by atoms with Crippen LogP contribution < -0.4 is 16.8 Å². The van der Waals surface area contributed by atoms with Gasteiger partial charge in [0, 0.05) is 20.4 Å². The molecular weight excluding hydrogens is 302 g/mol. The first-order valence-electron chi connectivity index (χ1n) is 6.82. The Kier molecular flexibility index (Phi) is 12.0. The van der Waals surface area contributed by atoms with Crippen LogP contribution in [-0.4, -0.2) is 33.7 Å². The number of carbonyl (C=O) groups is 3. The Morgan fingerprint density at radius 3 is 1.78 bits per heavy atom. The Balaban J connectivity index is 0. The summed E-state index contributed by atoms with van der Waals surface area (Å²) in [4.78, 5) is 29.5. The molecule has 23 heavy (non-hydrogen) atoms. The van der Waals surface area contributed by atoms with Gasteiger partial charge in [-0.25, -0.2) is 0 Å². The highest BCUT2D eigenvalue weighted by Crippen LogP contribution is 2.00. The third-order valence-corrected chi connectivity index (χ3v) is 2.30. The van der Waals surface area contributed by atoms with E-state index in [0.29, 0.717) is 13.0 Å². The van der Waals surface area contributed by atoms with Crippen LogP contribution in [0.1, 0.15) is 32.8 Å². The van der Waals surface area contributed by atoms with Gasteiger partial charge in [0.25, 0.3) is 17.8 Å². The van der Waals surface area contributed by atoms with Crippen molar-refractivity contribution in [3.63, 3.8) is 0 Å². The van der Waals surface area contributed by atoms with E-state index in [-0.39, 0.29) is 5.91 Å². The number of carboxylic acid groups (broad SMARTS) is 2. The zero-order valence-corrected chi connectivity index (χ0v) is 13.6. The highest BCUT2D eigenvalue weighted by molar-refractivity contribution is 5.85. The SMILES string of the molecule is CC(=O)O.CC(=O)O.CCC(N)(N)C(=O)NCc1ccccc1. The average Bonchev–Trinajstić information content (AvgIpc) is 2.44. The van der Waals surface area contributed by atoms with Crippen LogP contribution in [-0.2, 0) is 20.9 Å². The fourth-order valence-corrected chi connectivity index (χ4v) is 1.10. The minimum atomic E-state index is -1.27. The summed E-state index contributed by atoms with van der Waals surface area (Å²) in [6, 6.07) is 9.62. The first-order chi connectivity index (χ1) is 10.5. The summed E-state index contributed by atoms with van der Waals surface area (Å²) in [5.41, 5.74) is 10.9. The van der Waals surface area contributed by atoms with E-state index in [0.717, 1.165) is 19.4 Å². The molecule has 8 heteroatoms. The molecule has 0 saturated heterocycles. The molecule has 0 radical (unpaired) electrons. The minimum Gasteiger partial charge on any atom is -0.481 e. The maximum Gasteiger partial charge on any atom is 0.300 e. The number of nitrogens with two attached hydrogens (primary N) is 2. The number of amides is 1. The van der Waals surface area contributed by atoms with Crippen molar-refractivity contribution in [3.8, 4) is 0 Å². The van der Waals surface area contributed by atoms with Gasteiger partial charge in [-0.2, -0.15) is 0 Å². The zero-order chi connectivity index (χ0) is 18.5. The quantitative estimate of drug-likeness (QED) is 0.504. The van der Waals surface area contributed by atoms with Crippen LogP contribution in [0.4, 0.5) is 0 Å². The van der Waals surface area contributed by atoms with E-state index in [1.807, 2.05) is 30.3 Å². The largest absolute Gasteiger partial charge is 0.481 e. The van der Waals surface area contributed by atoms with Crippen LogP contribution in [0.2, 0.25) is 0 Å². The molecule has 7 N–H and O–H groups in total. The van der Waals surface area contributed by atoms with E-state index < -0.39 is 17.6 Å². The van der Waals surface area contributed by atoms with E-state index in [1.165, 1.54) is 0 Å². The molecule has 1 rings (SSSR count). The van der Waals surface area contributed by atoms with Crippen molar-refractivity contribution in [1.82, 2.24) is 5.32 Å². The molecule has 130 valence electrons. The fraction of sp³-hybridized carbons (Fsp3) is 0.400. The molecule has 1 amide bonds. The van der Waals surface area contributed by atoms with E-state index in [9.17, 15) is 4.79 Å². The van der Waals surface area contributed by atoms with Crippen LogP contribution in [0.3, 0.4) is 0 Å². The molecule has 0 aliphatic carbocycles. The van der Waals surface area contributed by atoms with Gasteiger partial charge in [-0.3, -0.25) is 14.4 Å². The predicted octanol–water partition coefficient (Wildman–Crippen LogP) is 0.508. The number of hydrogen-bond donors (Lipinski definition) is 5. The monoisotopic (exact) mass is 327 g/mol. The van der Waals surface area contributed by atoms with Crippen LogP contribution in [0, 0.1) is 0 Å². The smallest absolute Gasteiger partial charge is 0.300 e. The molecule has 0 unspecified atom stereocenters. The van der Waals surface area contributed by atoms with Gasteiger partial charge in [0.2, 0.25) is 0 Å². The minimum absolute atomic E-state index is 0.325. The third-order valence-electron chi connectivity index (χ3n) is 2.30. The summed E-state index contributed by atoms with van der Waals surface area (Å²) in [7, 11) is 0. The molecule has 0 aliphatic heterocycles. The number of nitrogens with one attached hydrogen (secondary N) is 1. The van der Waals surface area contributed by atoms with Gasteiger partial charge >= 0.3 is 0 Å². The van der Waals surface area contributed by atoms with Crippen molar-refractivity contribution in [3.05, 3.63) is 35.9 Å². The molecule has 1 aromatic rings. The van der Waals surface area contributed by atoms with Crippen LogP contribution in [0.5, 0.6) is 0 Å². The topological polar surface area (TPSA) is 156 Å². The molecule has 0 bridgehead atoms. The molecule has 0 spiro atoms. The maximum atomic E-state index is 11.5. The number of carboxylic acids is 2. The van der Waals surface area contributed by atoms with Gasteiger partial charge in [-0.15, -0.1) is 0 Å². The highest BCUT2D eigenvalue weighted by atomic mass is 16.4. The summed E-state index contributed by atoms with van der Waals surface area (Å²) in [5, 5.41) is 17.5. The van der Waals surface area contributed by atoms with Gasteiger partial charge in [-0.05, 0) is 12.0 Å². The van der Waals surface area contributed by atoms with Crippen molar-refractivity contribution >= 4 is 17.8 Å². The predicted molar refractivity (Wildman–Crippen MR) is 86.3 cm³/mol. The molecule has 1 aromatic carbocycles. The second-order valence-electron chi connectivity index (χ2n) is 4.60. The zero-order valence-electron chi connectivity index (χ0n) is 13.6. The summed E-state index contributed by atoms with van der Waals surface area (Å²) < 4.78 is 0. The molecule has 0 heterocycles. The number of rotatable bonds is 4. The lowest BCUT2D eigenvalue weighted by Gasteiger charge is -2.21. The summed E-state index contributed by atoms with van der Waals surface area (Å²) in [6.45, 7) is 4.40. The van der Waals surface area contributed by atoms with Gasteiger partial charge in [0.05, 0.1) is 0 Å². The van der Waals surface area contributed by atoms with Crippen molar-refractivity contribution in [2.45, 2.75) is 39.4 Å². The molecule has 0 aromatic heterocycles. The third kappa shape index (κ3) is 15.8. The van der Waals surface area contributed by atoms with E-state index in [2.05, 4.69) is 5.32 Å². The van der Waals surface area contributed by atoms with Crippen LogP contribution >= 0.6 is 0 Å². The summed E-state index contributed by atoms with van der Waals surface area (Å²) in [6.07, 6.45) is 0.410. The molecular formula is C15H25N3O5. The highest BCUT2D eigenvalue weighted by Gasteiger charge is 2.25. The number of hydrogen-bond acceptors (Lipinski definition) is 5. The average molecular weight is 327 g/mol. The second kappa shape index (κ2) is 12.1. The van der Waals surface area contributed by atoms with Crippen molar-refractivity contribution in [2.75, 3.05) is 0 Å². The van der Waals surface area contributed by atoms with Crippen molar-refractivity contribution in [2.24, 2.45) is 11.5 Å². The molecule has 8 nitrogen and oxygen atoms in total. The van der Waals surface area contributed by atoms with Crippen molar-refractivity contribution < 1.29 is 24.6 Å². The standard InChI is InChI=1S/C11H17N3O.2C2H4O2/c1-2-11(12,13)10(15)14-8-9-6-4-3-5-7-9;2*1-2(3)4/h3-7H,2,8,12-13H2,1H3,(H,14,15);2*1H3,(H,3,4). The van der Waals surface area contributed by atoms with Gasteiger partial charge in [-0.1, -0.05) is 37.3 Å². The van der Waals surface area contributed by atoms with Gasteiger partial charge in [0.1, 0.15) is 5.66 Å². The maximum absolute atomic E-state index is 11.5. The lowest BCUT2D eigenvalue weighted by Crippen LogP contribution is -2.60. The Morgan fingerprint density at radius 1 is 1.04 bits per heavy atom. The second-order valence-corrected chi connectivity index (χ2v) is 4.60. The van der Waals surface area contributed by atoms with E-state index >= 15 is 0 Å². The summed E-state index contributed by atoms with van der Waals surface area (Å²) >= 11 is 0. The molecule has 0 saturated carbocycles. The number of aliphatic carboxylic acids is 2. The number of benzene rings is 1. The first-order valence-corrected chi connectivity index (χ1v) is 6.82. The van der Waals surface area contributed by atoms with E-state index in [4.69, 9.17) is 31.3 Å². The first kappa shape index (κ1) is 22.8.